The Morgan fingerprint density at radius 2 is 1.71 bits per heavy atom. The van der Waals surface area contributed by atoms with Crippen LogP contribution >= 0.6 is 0 Å². The summed E-state index contributed by atoms with van der Waals surface area (Å²) in [7, 11) is -2.99. The Morgan fingerprint density at radius 1 is 1.04 bits per heavy atom. The molecule has 150 valence electrons. The van der Waals surface area contributed by atoms with Crippen LogP contribution in [0.15, 0.2) is 49.1 Å². The molecule has 8 heteroatoms. The second-order valence-corrected chi connectivity index (χ2v) is 9.87. The fourth-order valence-corrected chi connectivity index (χ4v) is 5.40. The second-order valence-electron chi connectivity index (χ2n) is 7.57. The van der Waals surface area contributed by atoms with E-state index in [2.05, 4.69) is 9.55 Å². The SMILES string of the molecule is O=C(C(c1ccccc1)N1CCS(=O)(=O)CC1)N1CCC(n2ccnc2)CC1. The number of likely N-dealkylation sites (tertiary alicyclic amines) is 1. The van der Waals surface area contributed by atoms with Gasteiger partial charge < -0.3 is 9.47 Å². The predicted octanol–water partition coefficient (Wildman–Crippen LogP) is 1.52. The molecule has 2 saturated heterocycles. The molecule has 2 aromatic rings. The van der Waals surface area contributed by atoms with Crippen molar-refractivity contribution in [3.63, 3.8) is 0 Å². The van der Waals surface area contributed by atoms with Crippen molar-refractivity contribution in [3.05, 3.63) is 54.6 Å². The highest BCUT2D eigenvalue weighted by Gasteiger charge is 2.36. The first-order valence-corrected chi connectivity index (χ1v) is 11.6. The van der Waals surface area contributed by atoms with Gasteiger partial charge in [-0.25, -0.2) is 13.4 Å². The Hall–Kier alpha value is -2.19. The van der Waals surface area contributed by atoms with E-state index in [1.807, 2.05) is 52.7 Å². The number of sulfone groups is 1. The molecule has 0 radical (unpaired) electrons. The maximum Gasteiger partial charge on any atom is 0.244 e. The average Bonchev–Trinajstić information content (AvgIpc) is 3.25. The van der Waals surface area contributed by atoms with Gasteiger partial charge in [0.15, 0.2) is 9.84 Å². The quantitative estimate of drug-likeness (QED) is 0.775. The standard InChI is InChI=1S/C20H26N4O3S/c25-20(23-9-6-18(7-10-23)24-11-8-21-16-24)19(17-4-2-1-3-5-17)22-12-14-28(26,27)15-13-22/h1-5,8,11,16,18-19H,6-7,9-10,12-15H2. The average molecular weight is 403 g/mol. The zero-order valence-corrected chi connectivity index (χ0v) is 16.7. The minimum Gasteiger partial charge on any atom is -0.341 e. The maximum absolute atomic E-state index is 13.5. The van der Waals surface area contributed by atoms with Crippen molar-refractivity contribution in [3.8, 4) is 0 Å². The first-order chi connectivity index (χ1) is 13.5. The molecule has 0 bridgehead atoms. The fraction of sp³-hybridized carbons (Fsp3) is 0.500. The molecule has 1 aromatic heterocycles. The van der Waals surface area contributed by atoms with E-state index in [0.717, 1.165) is 18.4 Å². The monoisotopic (exact) mass is 402 g/mol. The molecule has 0 saturated carbocycles. The number of benzene rings is 1. The van der Waals surface area contributed by atoms with E-state index in [0.29, 0.717) is 32.2 Å². The lowest BCUT2D eigenvalue weighted by Crippen LogP contribution is -2.50. The molecule has 2 aliphatic heterocycles. The van der Waals surface area contributed by atoms with Crippen molar-refractivity contribution in [1.29, 1.82) is 0 Å². The third-order valence-electron chi connectivity index (χ3n) is 5.82. The van der Waals surface area contributed by atoms with E-state index in [1.54, 1.807) is 6.20 Å². The van der Waals surface area contributed by atoms with Crippen molar-refractivity contribution in [2.45, 2.75) is 24.9 Å². The Bertz CT molecular complexity index is 877. The lowest BCUT2D eigenvalue weighted by atomic mass is 10.00. The molecule has 2 aliphatic rings. The van der Waals surface area contributed by atoms with Gasteiger partial charge >= 0.3 is 0 Å². The number of nitrogens with zero attached hydrogens (tertiary/aromatic N) is 4. The molecule has 3 heterocycles. The Labute approximate surface area is 165 Å². The van der Waals surface area contributed by atoms with Gasteiger partial charge in [0.05, 0.1) is 17.8 Å². The van der Waals surface area contributed by atoms with Crippen LogP contribution in [0.4, 0.5) is 0 Å². The number of rotatable bonds is 4. The summed E-state index contributed by atoms with van der Waals surface area (Å²) in [4.78, 5) is 21.6. The Kier molecular flexibility index (Phi) is 5.50. The molecule has 0 aliphatic carbocycles. The summed E-state index contributed by atoms with van der Waals surface area (Å²) in [5.74, 6) is 0.313. The summed E-state index contributed by atoms with van der Waals surface area (Å²) >= 11 is 0. The van der Waals surface area contributed by atoms with Crippen molar-refractivity contribution >= 4 is 15.7 Å². The molecule has 2 fully saturated rings. The smallest absolute Gasteiger partial charge is 0.244 e. The summed E-state index contributed by atoms with van der Waals surface area (Å²) in [5.41, 5.74) is 0.934. The normalized spacial score (nSPS) is 22.1. The Balaban J connectivity index is 1.49. The van der Waals surface area contributed by atoms with Crippen molar-refractivity contribution < 1.29 is 13.2 Å². The van der Waals surface area contributed by atoms with Gasteiger partial charge in [-0.15, -0.1) is 0 Å². The van der Waals surface area contributed by atoms with Crippen LogP contribution < -0.4 is 0 Å². The van der Waals surface area contributed by atoms with Gasteiger partial charge in [0.2, 0.25) is 5.91 Å². The molecule has 0 N–H and O–H groups in total. The summed E-state index contributed by atoms with van der Waals surface area (Å²) < 4.78 is 25.8. The number of hydrogen-bond acceptors (Lipinski definition) is 5. The van der Waals surface area contributed by atoms with E-state index in [-0.39, 0.29) is 17.4 Å². The van der Waals surface area contributed by atoms with Crippen LogP contribution in [0.25, 0.3) is 0 Å². The fourth-order valence-electron chi connectivity index (χ4n) is 4.17. The molecule has 0 spiro atoms. The van der Waals surface area contributed by atoms with Gasteiger partial charge in [0, 0.05) is 44.6 Å². The van der Waals surface area contributed by atoms with Crippen LogP contribution in [0, 0.1) is 0 Å². The third-order valence-corrected chi connectivity index (χ3v) is 7.43. The van der Waals surface area contributed by atoms with Crippen LogP contribution in [-0.2, 0) is 14.6 Å². The topological polar surface area (TPSA) is 75.5 Å². The molecule has 1 atom stereocenters. The lowest BCUT2D eigenvalue weighted by Gasteiger charge is -2.39. The van der Waals surface area contributed by atoms with Gasteiger partial charge in [0.25, 0.3) is 0 Å². The summed E-state index contributed by atoms with van der Waals surface area (Å²) in [5, 5.41) is 0. The molecular weight excluding hydrogens is 376 g/mol. The van der Waals surface area contributed by atoms with E-state index in [4.69, 9.17) is 0 Å². The van der Waals surface area contributed by atoms with Crippen molar-refractivity contribution in [1.82, 2.24) is 19.4 Å². The van der Waals surface area contributed by atoms with E-state index in [9.17, 15) is 13.2 Å². The van der Waals surface area contributed by atoms with Crippen LogP contribution in [0.3, 0.4) is 0 Å². The first kappa shape index (κ1) is 19.1. The molecule has 28 heavy (non-hydrogen) atoms. The van der Waals surface area contributed by atoms with Crippen molar-refractivity contribution in [2.24, 2.45) is 0 Å². The van der Waals surface area contributed by atoms with Gasteiger partial charge in [-0.3, -0.25) is 9.69 Å². The van der Waals surface area contributed by atoms with Crippen molar-refractivity contribution in [2.75, 3.05) is 37.7 Å². The molecule has 7 nitrogen and oxygen atoms in total. The predicted molar refractivity (Wildman–Crippen MR) is 106 cm³/mol. The van der Waals surface area contributed by atoms with Crippen LogP contribution in [0.1, 0.15) is 30.5 Å². The number of piperidine rings is 1. The molecule has 1 amide bonds. The highest BCUT2D eigenvalue weighted by Crippen LogP contribution is 2.29. The number of carbonyl (C=O) groups is 1. The number of amides is 1. The van der Waals surface area contributed by atoms with Gasteiger partial charge in [-0.2, -0.15) is 0 Å². The van der Waals surface area contributed by atoms with Gasteiger partial charge in [-0.05, 0) is 18.4 Å². The van der Waals surface area contributed by atoms with E-state index in [1.165, 1.54) is 0 Å². The van der Waals surface area contributed by atoms with E-state index < -0.39 is 15.9 Å². The Morgan fingerprint density at radius 3 is 2.32 bits per heavy atom. The minimum atomic E-state index is -2.99. The third kappa shape index (κ3) is 4.12. The van der Waals surface area contributed by atoms with Crippen LogP contribution in [0.5, 0.6) is 0 Å². The highest BCUT2D eigenvalue weighted by molar-refractivity contribution is 7.91. The highest BCUT2D eigenvalue weighted by atomic mass is 32.2. The number of imidazole rings is 1. The van der Waals surface area contributed by atoms with Gasteiger partial charge in [-0.1, -0.05) is 30.3 Å². The van der Waals surface area contributed by atoms with E-state index >= 15 is 0 Å². The van der Waals surface area contributed by atoms with Crippen LogP contribution in [-0.4, -0.2) is 71.4 Å². The summed E-state index contributed by atoms with van der Waals surface area (Å²) in [6, 6.07) is 9.68. The minimum absolute atomic E-state index is 0.0783. The molecule has 1 unspecified atom stereocenters. The largest absolute Gasteiger partial charge is 0.341 e. The molecular formula is C20H26N4O3S. The molecule has 4 rings (SSSR count). The lowest BCUT2D eigenvalue weighted by molar-refractivity contribution is -0.138. The second kappa shape index (κ2) is 8.05. The summed E-state index contributed by atoms with van der Waals surface area (Å²) in [6.45, 7) is 2.21. The van der Waals surface area contributed by atoms with Gasteiger partial charge in [0.1, 0.15) is 6.04 Å². The zero-order chi connectivity index (χ0) is 19.6. The van der Waals surface area contributed by atoms with Crippen LogP contribution in [0.2, 0.25) is 0 Å². The summed E-state index contributed by atoms with van der Waals surface area (Å²) in [6.07, 6.45) is 7.40. The number of hydrogen-bond donors (Lipinski definition) is 0. The number of aromatic nitrogens is 2. The molecule has 1 aromatic carbocycles. The zero-order valence-electron chi connectivity index (χ0n) is 15.9. The first-order valence-electron chi connectivity index (χ1n) is 9.79. The number of carbonyl (C=O) groups excluding carboxylic acids is 1. The maximum atomic E-state index is 13.5.